The van der Waals surface area contributed by atoms with Crippen LogP contribution in [0.15, 0.2) is 18.2 Å². The van der Waals surface area contributed by atoms with Crippen molar-refractivity contribution in [2.45, 2.75) is 13.0 Å². The predicted octanol–water partition coefficient (Wildman–Crippen LogP) is 0.525. The largest absolute Gasteiger partial charge is 0.389 e. The lowest BCUT2D eigenvalue weighted by Crippen LogP contribution is -2.51. The van der Waals surface area contributed by atoms with E-state index in [0.717, 1.165) is 0 Å². The Morgan fingerprint density at radius 1 is 1.58 bits per heavy atom. The van der Waals surface area contributed by atoms with Crippen molar-refractivity contribution in [2.24, 2.45) is 0 Å². The third kappa shape index (κ3) is 2.65. The van der Waals surface area contributed by atoms with E-state index in [1.165, 1.54) is 6.07 Å². The van der Waals surface area contributed by atoms with E-state index in [1.807, 2.05) is 0 Å². The summed E-state index contributed by atoms with van der Waals surface area (Å²) in [6, 6.07) is 4.37. The highest BCUT2D eigenvalue weighted by molar-refractivity contribution is 5.95. The number of benzene rings is 1. The van der Waals surface area contributed by atoms with Crippen LogP contribution in [0, 0.1) is 10.1 Å². The Hall–Kier alpha value is -2.15. The average molecular weight is 265 g/mol. The van der Waals surface area contributed by atoms with Crippen molar-refractivity contribution in [3.05, 3.63) is 33.9 Å². The number of carbonyl (C=O) groups excluding carboxylic acids is 1. The zero-order valence-electron chi connectivity index (χ0n) is 10.5. The number of nitrogens with zero attached hydrogens (tertiary/aromatic N) is 2. The topological polar surface area (TPSA) is 95.7 Å². The molecule has 2 rings (SSSR count). The normalized spacial score (nSPS) is 14.9. The number of amides is 1. The number of hydrogen-bond donors (Lipinski definition) is 2. The van der Waals surface area contributed by atoms with Gasteiger partial charge in [0, 0.05) is 31.3 Å². The molecule has 1 heterocycles. The average Bonchev–Trinajstić information content (AvgIpc) is 2.34. The Kier molecular flexibility index (Phi) is 3.66. The maximum Gasteiger partial charge on any atom is 0.293 e. The van der Waals surface area contributed by atoms with Crippen LogP contribution in [0.5, 0.6) is 0 Å². The first kappa shape index (κ1) is 13.3. The molecule has 0 aliphatic carbocycles. The second kappa shape index (κ2) is 5.23. The van der Waals surface area contributed by atoms with E-state index in [2.05, 4.69) is 5.32 Å². The van der Waals surface area contributed by atoms with Crippen molar-refractivity contribution in [3.8, 4) is 0 Å². The summed E-state index contributed by atoms with van der Waals surface area (Å²) in [5.41, 5.74) is 0.581. The number of nitro benzene ring substituents is 1. The van der Waals surface area contributed by atoms with E-state index < -0.39 is 11.0 Å². The lowest BCUT2D eigenvalue weighted by molar-refractivity contribution is -0.384. The van der Waals surface area contributed by atoms with Gasteiger partial charge in [-0.3, -0.25) is 14.9 Å². The van der Waals surface area contributed by atoms with Crippen LogP contribution in [-0.2, 0) is 0 Å². The minimum atomic E-state index is -0.511. The van der Waals surface area contributed by atoms with Crippen LogP contribution in [0.25, 0.3) is 0 Å². The smallest absolute Gasteiger partial charge is 0.293 e. The van der Waals surface area contributed by atoms with Gasteiger partial charge in [-0.2, -0.15) is 0 Å². The number of nitrogens with one attached hydrogen (secondary N) is 1. The molecule has 1 aromatic carbocycles. The fourth-order valence-electron chi connectivity index (χ4n) is 1.99. The number of hydrogen-bond acceptors (Lipinski definition) is 5. The number of β-amino-alcohol motifs (C(OH)–C–C–N with tert-alkyl or cyclic N) is 1. The van der Waals surface area contributed by atoms with Crippen molar-refractivity contribution in [1.82, 2.24) is 5.32 Å². The summed E-state index contributed by atoms with van der Waals surface area (Å²) in [7, 11) is 0. The van der Waals surface area contributed by atoms with Gasteiger partial charge in [-0.15, -0.1) is 0 Å². The molecule has 0 saturated carbocycles. The summed E-state index contributed by atoms with van der Waals surface area (Å²) < 4.78 is 0. The number of aliphatic hydroxyl groups is 1. The minimum Gasteiger partial charge on any atom is -0.389 e. The zero-order chi connectivity index (χ0) is 14.0. The molecule has 0 bridgehead atoms. The molecule has 0 aromatic heterocycles. The van der Waals surface area contributed by atoms with Gasteiger partial charge < -0.3 is 15.3 Å². The fraction of sp³-hybridized carbons (Fsp3) is 0.417. The van der Waals surface area contributed by atoms with Gasteiger partial charge >= 0.3 is 0 Å². The van der Waals surface area contributed by atoms with Crippen molar-refractivity contribution in [1.29, 1.82) is 0 Å². The lowest BCUT2D eigenvalue weighted by atomic mass is 10.1. The molecule has 1 aliphatic heterocycles. The first-order chi connectivity index (χ1) is 9.02. The van der Waals surface area contributed by atoms with Crippen LogP contribution in [0.3, 0.4) is 0 Å². The van der Waals surface area contributed by atoms with Crippen molar-refractivity contribution in [2.75, 3.05) is 24.5 Å². The lowest BCUT2D eigenvalue weighted by Gasteiger charge is -2.37. The second-order valence-corrected chi connectivity index (χ2v) is 4.38. The number of anilines is 1. The van der Waals surface area contributed by atoms with Crippen LogP contribution in [-0.4, -0.2) is 41.7 Å². The molecule has 1 amide bonds. The number of aliphatic hydroxyl groups excluding tert-OH is 1. The van der Waals surface area contributed by atoms with Gasteiger partial charge in [0.15, 0.2) is 0 Å². The Morgan fingerprint density at radius 3 is 2.79 bits per heavy atom. The van der Waals surface area contributed by atoms with Crippen LogP contribution in [0.2, 0.25) is 0 Å². The van der Waals surface area contributed by atoms with Gasteiger partial charge in [-0.05, 0) is 19.1 Å². The maximum absolute atomic E-state index is 11.6. The third-order valence-electron chi connectivity index (χ3n) is 2.97. The first-order valence-electron chi connectivity index (χ1n) is 6.02. The van der Waals surface area contributed by atoms with Crippen molar-refractivity contribution >= 4 is 17.3 Å². The molecule has 1 saturated heterocycles. The zero-order valence-corrected chi connectivity index (χ0v) is 10.5. The molecule has 0 radical (unpaired) electrons. The molecule has 0 spiro atoms. The van der Waals surface area contributed by atoms with Crippen molar-refractivity contribution in [3.63, 3.8) is 0 Å². The van der Waals surface area contributed by atoms with E-state index in [4.69, 9.17) is 0 Å². The van der Waals surface area contributed by atoms with E-state index in [-0.39, 0.29) is 17.2 Å². The maximum atomic E-state index is 11.6. The molecule has 1 aliphatic rings. The molecule has 0 atom stereocenters. The highest BCUT2D eigenvalue weighted by Crippen LogP contribution is 2.32. The molecule has 7 nitrogen and oxygen atoms in total. The number of carbonyl (C=O) groups is 1. The van der Waals surface area contributed by atoms with E-state index >= 15 is 0 Å². The predicted molar refractivity (Wildman–Crippen MR) is 69.3 cm³/mol. The SMILES string of the molecule is CCNC(=O)c1ccc(N2CC(O)C2)c([N+](=O)[O-])c1. The molecule has 1 aromatic rings. The quantitative estimate of drug-likeness (QED) is 0.611. The van der Waals surface area contributed by atoms with Gasteiger partial charge in [0.25, 0.3) is 11.6 Å². The molecule has 1 fully saturated rings. The van der Waals surface area contributed by atoms with Gasteiger partial charge in [-0.1, -0.05) is 0 Å². The van der Waals surface area contributed by atoms with Crippen molar-refractivity contribution < 1.29 is 14.8 Å². The van der Waals surface area contributed by atoms with Gasteiger partial charge in [-0.25, -0.2) is 0 Å². The first-order valence-corrected chi connectivity index (χ1v) is 6.02. The standard InChI is InChI=1S/C12H15N3O4/c1-2-13-12(17)8-3-4-10(11(5-8)15(18)19)14-6-9(16)7-14/h3-5,9,16H,2,6-7H2,1H3,(H,13,17). The molecular formula is C12H15N3O4. The van der Waals surface area contributed by atoms with Gasteiger partial charge in [0.05, 0.1) is 11.0 Å². The molecule has 2 N–H and O–H groups in total. The molecular weight excluding hydrogens is 250 g/mol. The Labute approximate surface area is 110 Å². The second-order valence-electron chi connectivity index (χ2n) is 4.38. The van der Waals surface area contributed by atoms with Crippen LogP contribution in [0.1, 0.15) is 17.3 Å². The molecule has 0 unspecified atom stereocenters. The highest BCUT2D eigenvalue weighted by Gasteiger charge is 2.30. The molecule has 102 valence electrons. The van der Waals surface area contributed by atoms with Crippen LogP contribution >= 0.6 is 0 Å². The van der Waals surface area contributed by atoms with Crippen LogP contribution in [0.4, 0.5) is 11.4 Å². The highest BCUT2D eigenvalue weighted by atomic mass is 16.6. The summed E-state index contributed by atoms with van der Waals surface area (Å²) in [5, 5.41) is 22.9. The van der Waals surface area contributed by atoms with Gasteiger partial charge in [0.2, 0.25) is 0 Å². The molecule has 7 heteroatoms. The number of nitro groups is 1. The van der Waals surface area contributed by atoms with E-state index in [9.17, 15) is 20.0 Å². The summed E-state index contributed by atoms with van der Waals surface area (Å²) in [5.74, 6) is -0.333. The summed E-state index contributed by atoms with van der Waals surface area (Å²) >= 11 is 0. The minimum absolute atomic E-state index is 0.115. The monoisotopic (exact) mass is 265 g/mol. The molecule has 19 heavy (non-hydrogen) atoms. The summed E-state index contributed by atoms with van der Waals surface area (Å²) in [4.78, 5) is 23.9. The van der Waals surface area contributed by atoms with E-state index in [1.54, 1.807) is 24.0 Å². The van der Waals surface area contributed by atoms with Crippen LogP contribution < -0.4 is 10.2 Å². The summed E-state index contributed by atoms with van der Waals surface area (Å²) in [6.45, 7) is 3.00. The number of rotatable bonds is 4. The third-order valence-corrected chi connectivity index (χ3v) is 2.97. The fourth-order valence-corrected chi connectivity index (χ4v) is 1.99. The Balaban J connectivity index is 2.30. The summed E-state index contributed by atoms with van der Waals surface area (Å²) in [6.07, 6.45) is -0.442. The van der Waals surface area contributed by atoms with E-state index in [0.29, 0.717) is 25.3 Å². The Morgan fingerprint density at radius 2 is 2.26 bits per heavy atom. The Bertz CT molecular complexity index is 512. The van der Waals surface area contributed by atoms with Gasteiger partial charge in [0.1, 0.15) is 5.69 Å².